The van der Waals surface area contributed by atoms with Crippen LogP contribution in [0.25, 0.3) is 0 Å². The Hall–Kier alpha value is -3.09. The summed E-state index contributed by atoms with van der Waals surface area (Å²) < 4.78 is 10.2. The predicted octanol–water partition coefficient (Wildman–Crippen LogP) is 4.12. The summed E-state index contributed by atoms with van der Waals surface area (Å²) in [6.07, 6.45) is 0.941. The van der Waals surface area contributed by atoms with E-state index in [1.54, 1.807) is 20.8 Å². The van der Waals surface area contributed by atoms with Gasteiger partial charge in [-0.3, -0.25) is 4.79 Å². The van der Waals surface area contributed by atoms with Gasteiger partial charge in [0.1, 0.15) is 5.69 Å². The number of carbonyl (C=O) groups is 3. The summed E-state index contributed by atoms with van der Waals surface area (Å²) in [7, 11) is 0. The highest BCUT2D eigenvalue weighted by atomic mass is 16.5. The number of esters is 2. The quantitative estimate of drug-likeness (QED) is 0.650. The molecular formula is C22H28N2O5. The highest BCUT2D eigenvalue weighted by Gasteiger charge is 2.24. The predicted molar refractivity (Wildman–Crippen MR) is 110 cm³/mol. The zero-order chi connectivity index (χ0) is 21.6. The van der Waals surface area contributed by atoms with E-state index in [9.17, 15) is 14.4 Å². The van der Waals surface area contributed by atoms with Gasteiger partial charge in [0.25, 0.3) is 5.91 Å². The topological polar surface area (TPSA) is 97.5 Å². The SMILES string of the molecule is CCOC(=O)c1c(C)[nH]c(C(=O)OCC(=O)Nc2ccccc2[C@@H](C)CC)c1C. The minimum absolute atomic E-state index is 0.137. The molecular weight excluding hydrogens is 372 g/mol. The number of anilines is 1. The first kappa shape index (κ1) is 22.2. The number of aryl methyl sites for hydroxylation is 1. The molecule has 1 heterocycles. The molecule has 0 fully saturated rings. The van der Waals surface area contributed by atoms with Crippen LogP contribution >= 0.6 is 0 Å². The Morgan fingerprint density at radius 3 is 2.41 bits per heavy atom. The molecule has 0 saturated carbocycles. The summed E-state index contributed by atoms with van der Waals surface area (Å²) in [6.45, 7) is 8.99. The Morgan fingerprint density at radius 1 is 1.07 bits per heavy atom. The van der Waals surface area contributed by atoms with E-state index in [0.717, 1.165) is 12.0 Å². The molecule has 0 aliphatic heterocycles. The van der Waals surface area contributed by atoms with Gasteiger partial charge in [-0.25, -0.2) is 9.59 Å². The average Bonchev–Trinajstić information content (AvgIpc) is 3.00. The van der Waals surface area contributed by atoms with Crippen LogP contribution in [0.4, 0.5) is 5.69 Å². The van der Waals surface area contributed by atoms with Crippen LogP contribution in [-0.2, 0) is 14.3 Å². The largest absolute Gasteiger partial charge is 0.462 e. The second-order valence-corrected chi connectivity index (χ2v) is 6.87. The van der Waals surface area contributed by atoms with E-state index in [4.69, 9.17) is 9.47 Å². The van der Waals surface area contributed by atoms with Crippen molar-refractivity contribution in [2.45, 2.75) is 47.0 Å². The zero-order valence-electron chi connectivity index (χ0n) is 17.5. The number of amides is 1. The van der Waals surface area contributed by atoms with Crippen molar-refractivity contribution in [2.24, 2.45) is 0 Å². The molecule has 0 aliphatic rings. The second kappa shape index (κ2) is 9.91. The van der Waals surface area contributed by atoms with Crippen LogP contribution in [0.2, 0.25) is 0 Å². The molecule has 0 saturated heterocycles. The number of H-pyrrole nitrogens is 1. The summed E-state index contributed by atoms with van der Waals surface area (Å²) in [5.74, 6) is -1.34. The van der Waals surface area contributed by atoms with E-state index in [1.807, 2.05) is 24.3 Å². The van der Waals surface area contributed by atoms with E-state index in [-0.39, 0.29) is 12.3 Å². The van der Waals surface area contributed by atoms with Gasteiger partial charge in [-0.2, -0.15) is 0 Å². The Kier molecular flexibility index (Phi) is 7.59. The number of hydrogen-bond donors (Lipinski definition) is 2. The fourth-order valence-electron chi connectivity index (χ4n) is 3.11. The minimum atomic E-state index is -0.702. The van der Waals surface area contributed by atoms with Gasteiger partial charge in [-0.05, 0) is 50.3 Å². The van der Waals surface area contributed by atoms with E-state index in [1.165, 1.54) is 0 Å². The molecule has 0 bridgehead atoms. The summed E-state index contributed by atoms with van der Waals surface area (Å²) in [5, 5.41) is 2.80. The number of para-hydroxylation sites is 1. The molecule has 156 valence electrons. The normalized spacial score (nSPS) is 11.6. The molecule has 1 atom stereocenters. The maximum atomic E-state index is 12.4. The lowest BCUT2D eigenvalue weighted by molar-refractivity contribution is -0.119. The first-order chi connectivity index (χ1) is 13.8. The lowest BCUT2D eigenvalue weighted by atomic mass is 9.97. The van der Waals surface area contributed by atoms with Gasteiger partial charge < -0.3 is 19.8 Å². The van der Waals surface area contributed by atoms with Crippen LogP contribution in [0.5, 0.6) is 0 Å². The molecule has 0 spiro atoms. The van der Waals surface area contributed by atoms with Crippen molar-refractivity contribution in [1.29, 1.82) is 0 Å². The molecule has 0 radical (unpaired) electrons. The van der Waals surface area contributed by atoms with Gasteiger partial charge >= 0.3 is 11.9 Å². The molecule has 2 N–H and O–H groups in total. The van der Waals surface area contributed by atoms with Crippen LogP contribution < -0.4 is 5.32 Å². The maximum absolute atomic E-state index is 12.4. The first-order valence-electron chi connectivity index (χ1n) is 9.72. The third-order valence-electron chi connectivity index (χ3n) is 4.83. The lowest BCUT2D eigenvalue weighted by Crippen LogP contribution is -2.22. The van der Waals surface area contributed by atoms with Crippen molar-refractivity contribution >= 4 is 23.5 Å². The van der Waals surface area contributed by atoms with Crippen molar-refractivity contribution in [3.8, 4) is 0 Å². The number of nitrogens with one attached hydrogen (secondary N) is 2. The van der Waals surface area contributed by atoms with Crippen molar-refractivity contribution in [2.75, 3.05) is 18.5 Å². The molecule has 7 heteroatoms. The van der Waals surface area contributed by atoms with Crippen molar-refractivity contribution < 1.29 is 23.9 Å². The number of rotatable bonds is 8. The van der Waals surface area contributed by atoms with Crippen LogP contribution in [0.1, 0.15) is 70.8 Å². The van der Waals surface area contributed by atoms with E-state index >= 15 is 0 Å². The van der Waals surface area contributed by atoms with Gasteiger partial charge in [0.05, 0.1) is 12.2 Å². The Bertz CT molecular complexity index is 901. The molecule has 2 rings (SSSR count). The molecule has 0 unspecified atom stereocenters. The van der Waals surface area contributed by atoms with Gasteiger partial charge in [-0.15, -0.1) is 0 Å². The molecule has 7 nitrogen and oxygen atoms in total. The number of ether oxygens (including phenoxy) is 2. The summed E-state index contributed by atoms with van der Waals surface area (Å²) in [6, 6.07) is 7.56. The van der Waals surface area contributed by atoms with Crippen LogP contribution in [0.3, 0.4) is 0 Å². The summed E-state index contributed by atoms with van der Waals surface area (Å²) in [5.41, 5.74) is 3.14. The Morgan fingerprint density at radius 2 is 1.76 bits per heavy atom. The number of hydrogen-bond acceptors (Lipinski definition) is 5. The van der Waals surface area contributed by atoms with Gasteiger partial charge in [0, 0.05) is 11.4 Å². The van der Waals surface area contributed by atoms with E-state index in [2.05, 4.69) is 24.1 Å². The second-order valence-electron chi connectivity index (χ2n) is 6.87. The number of aromatic amines is 1. The van der Waals surface area contributed by atoms with Crippen molar-refractivity contribution in [1.82, 2.24) is 4.98 Å². The van der Waals surface area contributed by atoms with Crippen LogP contribution in [-0.4, -0.2) is 36.0 Å². The summed E-state index contributed by atoms with van der Waals surface area (Å²) in [4.78, 5) is 39.6. The molecule has 1 aromatic heterocycles. The van der Waals surface area contributed by atoms with Crippen molar-refractivity contribution in [3.63, 3.8) is 0 Å². The standard InChI is InChI=1S/C22H28N2O5/c1-6-13(3)16-10-8-9-11-17(16)24-18(25)12-29-22(27)20-14(4)19(15(5)23-20)21(26)28-7-2/h8-11,13,23H,6-7,12H2,1-5H3,(H,24,25)/t13-/m0/s1. The molecule has 1 amide bonds. The first-order valence-corrected chi connectivity index (χ1v) is 9.72. The van der Waals surface area contributed by atoms with Gasteiger partial charge in [0.15, 0.2) is 6.61 Å². The molecule has 0 aliphatic carbocycles. The van der Waals surface area contributed by atoms with E-state index in [0.29, 0.717) is 28.4 Å². The third kappa shape index (κ3) is 5.25. The number of benzene rings is 1. The third-order valence-corrected chi connectivity index (χ3v) is 4.83. The minimum Gasteiger partial charge on any atom is -0.462 e. The smallest absolute Gasteiger partial charge is 0.355 e. The number of carbonyl (C=O) groups excluding carboxylic acids is 3. The maximum Gasteiger partial charge on any atom is 0.355 e. The van der Waals surface area contributed by atoms with Gasteiger partial charge in [0.2, 0.25) is 0 Å². The fourth-order valence-corrected chi connectivity index (χ4v) is 3.11. The Balaban J connectivity index is 2.04. The fraction of sp³-hybridized carbons (Fsp3) is 0.409. The molecule has 2 aromatic rings. The summed E-state index contributed by atoms with van der Waals surface area (Å²) >= 11 is 0. The van der Waals surface area contributed by atoms with Crippen LogP contribution in [0.15, 0.2) is 24.3 Å². The number of aromatic nitrogens is 1. The van der Waals surface area contributed by atoms with Crippen LogP contribution in [0, 0.1) is 13.8 Å². The van der Waals surface area contributed by atoms with Gasteiger partial charge in [-0.1, -0.05) is 32.0 Å². The molecule has 1 aromatic carbocycles. The average molecular weight is 400 g/mol. The lowest BCUT2D eigenvalue weighted by Gasteiger charge is -2.15. The highest BCUT2D eigenvalue weighted by molar-refractivity contribution is 6.00. The zero-order valence-corrected chi connectivity index (χ0v) is 17.5. The molecule has 29 heavy (non-hydrogen) atoms. The Labute approximate surface area is 170 Å². The van der Waals surface area contributed by atoms with Crippen molar-refractivity contribution in [3.05, 3.63) is 52.3 Å². The monoisotopic (exact) mass is 400 g/mol. The highest BCUT2D eigenvalue weighted by Crippen LogP contribution is 2.26. The van der Waals surface area contributed by atoms with E-state index < -0.39 is 24.5 Å².